The van der Waals surface area contributed by atoms with Crippen molar-refractivity contribution >= 4 is 12.0 Å². The van der Waals surface area contributed by atoms with E-state index in [2.05, 4.69) is 42.7 Å². The largest absolute Gasteiger partial charge is 0.447 e. The van der Waals surface area contributed by atoms with E-state index in [1.54, 1.807) is 18.2 Å². The molecule has 1 atom stereocenters. The minimum absolute atomic E-state index is 0.223. The predicted octanol–water partition coefficient (Wildman–Crippen LogP) is 6.00. The number of aliphatic hydroxyl groups is 1. The normalized spacial score (nSPS) is 12.9. The number of aryl methyl sites for hydroxylation is 1. The first-order valence-corrected chi connectivity index (χ1v) is 10.7. The fraction of sp³-hybridized carbons (Fsp3) is 0.423. The van der Waals surface area contributed by atoms with Crippen LogP contribution in [-0.2, 0) is 9.53 Å². The lowest BCUT2D eigenvalue weighted by Gasteiger charge is -2.13. The maximum Gasteiger partial charge on any atom is 0.416 e. The van der Waals surface area contributed by atoms with E-state index in [0.29, 0.717) is 19.4 Å². The number of imide groups is 1. The summed E-state index contributed by atoms with van der Waals surface area (Å²) >= 11 is 0. The molecule has 0 aliphatic carbocycles. The number of aliphatic hydroxyl groups excluding tert-OH is 1. The van der Waals surface area contributed by atoms with Crippen molar-refractivity contribution in [1.29, 1.82) is 0 Å². The van der Waals surface area contributed by atoms with Crippen molar-refractivity contribution in [2.24, 2.45) is 0 Å². The van der Waals surface area contributed by atoms with Gasteiger partial charge in [-0.3, -0.25) is 4.79 Å². The molecule has 5 nitrogen and oxygen atoms in total. The molecule has 1 fully saturated rings. The van der Waals surface area contributed by atoms with Crippen molar-refractivity contribution in [3.63, 3.8) is 0 Å². The van der Waals surface area contributed by atoms with Gasteiger partial charge in [-0.25, -0.2) is 9.69 Å². The molecule has 1 heterocycles. The summed E-state index contributed by atoms with van der Waals surface area (Å²) in [5.74, 6) is -0.254. The first-order chi connectivity index (χ1) is 14.9. The van der Waals surface area contributed by atoms with Crippen LogP contribution in [0.5, 0.6) is 0 Å². The SMILES string of the molecule is C=C=C/C(=C\C)C(O)CCCC(=O)N1CCOC1=O.C=CC.CC.Cc1ccccc1. The van der Waals surface area contributed by atoms with Gasteiger partial charge < -0.3 is 9.84 Å². The van der Waals surface area contributed by atoms with Crippen LogP contribution in [0, 0.1) is 6.92 Å². The molecule has 2 amide bonds. The predicted molar refractivity (Wildman–Crippen MR) is 129 cm³/mol. The molecule has 0 bridgehead atoms. The molecule has 1 unspecified atom stereocenters. The van der Waals surface area contributed by atoms with Gasteiger partial charge in [0, 0.05) is 6.42 Å². The highest BCUT2D eigenvalue weighted by atomic mass is 16.6. The second-order valence-corrected chi connectivity index (χ2v) is 6.27. The second kappa shape index (κ2) is 20.4. The third kappa shape index (κ3) is 14.7. The van der Waals surface area contributed by atoms with Gasteiger partial charge in [0.2, 0.25) is 5.91 Å². The van der Waals surface area contributed by atoms with Crippen molar-refractivity contribution < 1.29 is 19.4 Å². The summed E-state index contributed by atoms with van der Waals surface area (Å²) in [5.41, 5.74) is 4.66. The van der Waals surface area contributed by atoms with E-state index in [1.807, 2.05) is 45.9 Å². The molecule has 31 heavy (non-hydrogen) atoms. The van der Waals surface area contributed by atoms with Crippen LogP contribution in [0.15, 0.2) is 73.0 Å². The van der Waals surface area contributed by atoms with Crippen molar-refractivity contribution in [2.45, 2.75) is 60.0 Å². The minimum Gasteiger partial charge on any atom is -0.447 e. The molecular formula is C26H39NO4. The third-order valence-electron chi connectivity index (χ3n) is 3.86. The highest BCUT2D eigenvalue weighted by Crippen LogP contribution is 2.13. The number of hydrogen-bond acceptors (Lipinski definition) is 4. The van der Waals surface area contributed by atoms with Crippen LogP contribution in [0.1, 0.15) is 52.5 Å². The number of nitrogens with zero attached hydrogens (tertiary/aromatic N) is 1. The molecule has 5 heteroatoms. The maximum atomic E-state index is 11.7. The molecule has 1 aliphatic heterocycles. The lowest BCUT2D eigenvalue weighted by molar-refractivity contribution is -0.127. The Morgan fingerprint density at radius 2 is 1.87 bits per heavy atom. The number of rotatable bonds is 6. The zero-order valence-electron chi connectivity index (χ0n) is 19.8. The smallest absolute Gasteiger partial charge is 0.416 e. The summed E-state index contributed by atoms with van der Waals surface area (Å²) in [4.78, 5) is 24.0. The zero-order valence-corrected chi connectivity index (χ0v) is 19.8. The van der Waals surface area contributed by atoms with Gasteiger partial charge in [0.15, 0.2) is 0 Å². The molecule has 172 valence electrons. The Balaban J connectivity index is 0. The van der Waals surface area contributed by atoms with E-state index in [1.165, 1.54) is 5.56 Å². The van der Waals surface area contributed by atoms with E-state index >= 15 is 0 Å². The Morgan fingerprint density at radius 3 is 2.26 bits per heavy atom. The van der Waals surface area contributed by atoms with Gasteiger partial charge >= 0.3 is 6.09 Å². The molecule has 0 saturated carbocycles. The van der Waals surface area contributed by atoms with E-state index in [-0.39, 0.29) is 18.9 Å². The fourth-order valence-electron chi connectivity index (χ4n) is 2.39. The summed E-state index contributed by atoms with van der Waals surface area (Å²) < 4.78 is 4.69. The molecular weight excluding hydrogens is 390 g/mol. The highest BCUT2D eigenvalue weighted by Gasteiger charge is 2.27. The molecule has 0 aromatic heterocycles. The lowest BCUT2D eigenvalue weighted by Crippen LogP contribution is -2.31. The number of carbonyl (C=O) groups is 2. The van der Waals surface area contributed by atoms with Gasteiger partial charge in [0.05, 0.1) is 12.6 Å². The van der Waals surface area contributed by atoms with Gasteiger partial charge in [-0.05, 0) is 45.3 Å². The average Bonchev–Trinajstić information content (AvgIpc) is 3.21. The van der Waals surface area contributed by atoms with Crippen LogP contribution in [0.3, 0.4) is 0 Å². The van der Waals surface area contributed by atoms with Crippen LogP contribution >= 0.6 is 0 Å². The monoisotopic (exact) mass is 429 g/mol. The molecule has 0 radical (unpaired) electrons. The van der Waals surface area contributed by atoms with Gasteiger partial charge in [-0.1, -0.05) is 68.5 Å². The van der Waals surface area contributed by atoms with Crippen LogP contribution in [0.2, 0.25) is 0 Å². The van der Waals surface area contributed by atoms with Crippen LogP contribution < -0.4 is 0 Å². The Labute approximate surface area is 188 Å². The second-order valence-electron chi connectivity index (χ2n) is 6.27. The average molecular weight is 430 g/mol. The molecule has 0 spiro atoms. The topological polar surface area (TPSA) is 66.8 Å². The highest BCUT2D eigenvalue weighted by molar-refractivity contribution is 5.92. The molecule has 1 N–H and O–H groups in total. The first-order valence-electron chi connectivity index (χ1n) is 10.7. The lowest BCUT2D eigenvalue weighted by atomic mass is 10.0. The van der Waals surface area contributed by atoms with Crippen molar-refractivity contribution in [1.82, 2.24) is 4.90 Å². The van der Waals surface area contributed by atoms with E-state index in [0.717, 1.165) is 10.5 Å². The standard InChI is InChI=1S/C14H19NO4.C7H8.C3H6.C2H6/c1-3-6-11(4-2)12(16)7-5-8-13(17)15-9-10-19-14(15)18;1-7-5-3-2-4-6-7;1-3-2;1-2/h4,6,12,16H,1,5,7-10H2,2H3;2-6H,1H3;3H,1H2,2H3;1-2H3/b11-4+;;;. The van der Waals surface area contributed by atoms with Crippen LogP contribution in [0.25, 0.3) is 0 Å². The molecule has 1 aliphatic rings. The quantitative estimate of drug-likeness (QED) is 0.342. The van der Waals surface area contributed by atoms with Gasteiger partial charge in [0.25, 0.3) is 0 Å². The number of benzene rings is 1. The summed E-state index contributed by atoms with van der Waals surface area (Å²) in [6.45, 7) is 17.2. The summed E-state index contributed by atoms with van der Waals surface area (Å²) in [5, 5.41) is 9.89. The van der Waals surface area contributed by atoms with Gasteiger partial charge in [-0.2, -0.15) is 0 Å². The number of ether oxygens (including phenoxy) is 1. The van der Waals surface area contributed by atoms with Crippen molar-refractivity contribution in [2.75, 3.05) is 13.2 Å². The number of allylic oxidation sites excluding steroid dienone is 2. The van der Waals surface area contributed by atoms with Gasteiger partial charge in [0.1, 0.15) is 6.61 Å². The van der Waals surface area contributed by atoms with Crippen LogP contribution in [0.4, 0.5) is 4.79 Å². The molecule has 1 aromatic rings. The number of carbonyl (C=O) groups excluding carboxylic acids is 2. The molecule has 1 aromatic carbocycles. The Kier molecular flexibility index (Phi) is 19.9. The van der Waals surface area contributed by atoms with E-state index in [9.17, 15) is 14.7 Å². The Bertz CT molecular complexity index is 703. The Hall–Kier alpha value is -2.88. The fourth-order valence-corrected chi connectivity index (χ4v) is 2.39. The number of cyclic esters (lactones) is 1. The third-order valence-corrected chi connectivity index (χ3v) is 3.86. The summed E-state index contributed by atoms with van der Waals surface area (Å²) in [6.07, 6.45) is 5.11. The zero-order chi connectivity index (χ0) is 24.1. The summed E-state index contributed by atoms with van der Waals surface area (Å²) in [7, 11) is 0. The van der Waals surface area contributed by atoms with Gasteiger partial charge in [-0.15, -0.1) is 12.3 Å². The van der Waals surface area contributed by atoms with E-state index in [4.69, 9.17) is 0 Å². The van der Waals surface area contributed by atoms with E-state index < -0.39 is 12.2 Å². The van der Waals surface area contributed by atoms with Crippen molar-refractivity contribution in [3.05, 3.63) is 78.6 Å². The number of amides is 2. The first kappa shape index (κ1) is 30.3. The van der Waals surface area contributed by atoms with Crippen LogP contribution in [-0.4, -0.2) is 41.3 Å². The maximum absolute atomic E-state index is 11.7. The Morgan fingerprint density at radius 1 is 1.29 bits per heavy atom. The number of hydrogen-bond donors (Lipinski definition) is 1. The summed E-state index contributed by atoms with van der Waals surface area (Å²) in [6, 6.07) is 10.3. The molecule has 1 saturated heterocycles. The van der Waals surface area contributed by atoms with Crippen molar-refractivity contribution in [3.8, 4) is 0 Å². The molecule has 2 rings (SSSR count). The minimum atomic E-state index is -0.641.